The SMILES string of the molecule is CCOC(=O)CSc1nc(-c2ccc(F)cc2)nc2c1c(=O)n(C)c(=O)n2C. The second-order valence-corrected chi connectivity index (χ2v) is 6.82. The van der Waals surface area contributed by atoms with E-state index >= 15 is 0 Å². The fourth-order valence-corrected chi connectivity index (χ4v) is 3.40. The maximum absolute atomic E-state index is 13.2. The largest absolute Gasteiger partial charge is 0.465 e. The van der Waals surface area contributed by atoms with E-state index in [1.54, 1.807) is 6.92 Å². The van der Waals surface area contributed by atoms with Crippen molar-refractivity contribution in [3.8, 4) is 11.4 Å². The molecule has 0 saturated carbocycles. The van der Waals surface area contributed by atoms with Crippen LogP contribution in [0.2, 0.25) is 0 Å². The molecule has 8 nitrogen and oxygen atoms in total. The summed E-state index contributed by atoms with van der Waals surface area (Å²) in [5, 5.41) is 0.373. The molecule has 0 aliphatic carbocycles. The number of carbonyl (C=O) groups excluding carboxylic acids is 1. The van der Waals surface area contributed by atoms with Crippen molar-refractivity contribution < 1.29 is 13.9 Å². The van der Waals surface area contributed by atoms with Crippen molar-refractivity contribution in [2.75, 3.05) is 12.4 Å². The Morgan fingerprint density at radius 3 is 2.46 bits per heavy atom. The predicted octanol–water partition coefficient (Wildman–Crippen LogP) is 1.49. The summed E-state index contributed by atoms with van der Waals surface area (Å²) >= 11 is 1.02. The molecule has 0 bridgehead atoms. The quantitative estimate of drug-likeness (QED) is 0.361. The second-order valence-electron chi connectivity index (χ2n) is 5.86. The standard InChI is InChI=1S/C18H17FN4O4S/c1-4-27-12(24)9-28-16-13-15(22(2)18(26)23(3)17(13)25)20-14(21-16)10-5-7-11(19)8-6-10/h5-8H,4,9H2,1-3H3. The third kappa shape index (κ3) is 3.68. The molecule has 3 aromatic rings. The average molecular weight is 404 g/mol. The number of hydrogen-bond donors (Lipinski definition) is 0. The molecule has 2 heterocycles. The minimum atomic E-state index is -0.560. The summed E-state index contributed by atoms with van der Waals surface area (Å²) in [5.41, 5.74) is -0.457. The van der Waals surface area contributed by atoms with Crippen LogP contribution in [0.15, 0.2) is 38.9 Å². The first-order valence-corrected chi connectivity index (χ1v) is 9.34. The fourth-order valence-electron chi connectivity index (χ4n) is 2.59. The molecular weight excluding hydrogens is 387 g/mol. The molecule has 0 amide bonds. The highest BCUT2D eigenvalue weighted by molar-refractivity contribution is 8.00. The highest BCUT2D eigenvalue weighted by Crippen LogP contribution is 2.26. The van der Waals surface area contributed by atoms with Crippen LogP contribution >= 0.6 is 11.8 Å². The minimum absolute atomic E-state index is 0.0607. The molecule has 0 aliphatic rings. The summed E-state index contributed by atoms with van der Waals surface area (Å²) in [6.45, 7) is 1.93. The predicted molar refractivity (Wildman–Crippen MR) is 103 cm³/mol. The van der Waals surface area contributed by atoms with Gasteiger partial charge in [-0.15, -0.1) is 0 Å². The smallest absolute Gasteiger partial charge is 0.332 e. The van der Waals surface area contributed by atoms with Crippen LogP contribution in [-0.4, -0.2) is 37.4 Å². The van der Waals surface area contributed by atoms with E-state index < -0.39 is 23.0 Å². The summed E-state index contributed by atoms with van der Waals surface area (Å²) in [7, 11) is 2.85. The Hall–Kier alpha value is -3.01. The number of carbonyl (C=O) groups is 1. The van der Waals surface area contributed by atoms with Crippen molar-refractivity contribution in [2.45, 2.75) is 11.9 Å². The first-order valence-electron chi connectivity index (χ1n) is 8.35. The molecule has 146 valence electrons. The zero-order valence-electron chi connectivity index (χ0n) is 15.4. The molecule has 2 aromatic heterocycles. The Morgan fingerprint density at radius 1 is 1.14 bits per heavy atom. The lowest BCUT2D eigenvalue weighted by Crippen LogP contribution is -2.37. The van der Waals surface area contributed by atoms with Gasteiger partial charge in [0, 0.05) is 19.7 Å². The highest BCUT2D eigenvalue weighted by atomic mass is 32.2. The van der Waals surface area contributed by atoms with Crippen LogP contribution in [0.1, 0.15) is 6.92 Å². The van der Waals surface area contributed by atoms with Gasteiger partial charge in [0.05, 0.1) is 12.4 Å². The van der Waals surface area contributed by atoms with E-state index in [4.69, 9.17) is 4.74 Å². The van der Waals surface area contributed by atoms with Crippen molar-refractivity contribution in [3.05, 3.63) is 50.9 Å². The van der Waals surface area contributed by atoms with E-state index in [9.17, 15) is 18.8 Å². The van der Waals surface area contributed by atoms with E-state index in [-0.39, 0.29) is 34.2 Å². The van der Waals surface area contributed by atoms with Crippen molar-refractivity contribution in [1.82, 2.24) is 19.1 Å². The van der Waals surface area contributed by atoms with Gasteiger partial charge in [0.2, 0.25) is 0 Å². The Labute approximate surface area is 163 Å². The van der Waals surface area contributed by atoms with Crippen LogP contribution < -0.4 is 11.2 Å². The second kappa shape index (κ2) is 7.93. The first-order chi connectivity index (χ1) is 13.3. The molecule has 28 heavy (non-hydrogen) atoms. The van der Waals surface area contributed by atoms with E-state index in [0.29, 0.717) is 5.56 Å². The van der Waals surface area contributed by atoms with E-state index in [0.717, 1.165) is 16.3 Å². The number of rotatable bonds is 5. The maximum atomic E-state index is 13.2. The molecule has 0 unspecified atom stereocenters. The summed E-state index contributed by atoms with van der Waals surface area (Å²) in [6.07, 6.45) is 0. The van der Waals surface area contributed by atoms with Gasteiger partial charge in [-0.25, -0.2) is 19.2 Å². The number of nitrogens with zero attached hydrogens (tertiary/aromatic N) is 4. The van der Waals surface area contributed by atoms with Crippen LogP contribution in [0.3, 0.4) is 0 Å². The molecule has 10 heteroatoms. The molecule has 0 spiro atoms. The number of esters is 1. The number of aryl methyl sites for hydroxylation is 1. The zero-order valence-corrected chi connectivity index (χ0v) is 16.2. The van der Waals surface area contributed by atoms with Gasteiger partial charge in [-0.1, -0.05) is 11.8 Å². The normalized spacial score (nSPS) is 11.0. The van der Waals surface area contributed by atoms with Crippen molar-refractivity contribution >= 4 is 28.8 Å². The van der Waals surface area contributed by atoms with Crippen LogP contribution in [0.4, 0.5) is 4.39 Å². The van der Waals surface area contributed by atoms with Gasteiger partial charge in [-0.3, -0.25) is 18.7 Å². The van der Waals surface area contributed by atoms with E-state index in [1.165, 1.54) is 42.9 Å². The van der Waals surface area contributed by atoms with Crippen LogP contribution in [0.25, 0.3) is 22.4 Å². The number of ether oxygens (including phenoxy) is 1. The lowest BCUT2D eigenvalue weighted by molar-refractivity contribution is -0.139. The molecular formula is C18H17FN4O4S. The number of halogens is 1. The van der Waals surface area contributed by atoms with Gasteiger partial charge < -0.3 is 4.74 Å². The molecule has 0 aliphatic heterocycles. The van der Waals surface area contributed by atoms with Gasteiger partial charge in [0.25, 0.3) is 5.56 Å². The topological polar surface area (TPSA) is 96.1 Å². The molecule has 0 atom stereocenters. The average Bonchev–Trinajstić information content (AvgIpc) is 2.69. The summed E-state index contributed by atoms with van der Waals surface area (Å²) < 4.78 is 20.4. The fraction of sp³-hybridized carbons (Fsp3) is 0.278. The van der Waals surface area contributed by atoms with Crippen molar-refractivity contribution in [3.63, 3.8) is 0 Å². The lowest BCUT2D eigenvalue weighted by Gasteiger charge is -2.12. The summed E-state index contributed by atoms with van der Waals surface area (Å²) in [6, 6.07) is 5.51. The number of fused-ring (bicyclic) bond motifs is 1. The Bertz CT molecular complexity index is 1170. The van der Waals surface area contributed by atoms with Gasteiger partial charge in [0.1, 0.15) is 16.2 Å². The minimum Gasteiger partial charge on any atom is -0.465 e. The highest BCUT2D eigenvalue weighted by Gasteiger charge is 2.19. The monoisotopic (exact) mass is 404 g/mol. The molecule has 1 aromatic carbocycles. The van der Waals surface area contributed by atoms with Gasteiger partial charge >= 0.3 is 11.7 Å². The van der Waals surface area contributed by atoms with E-state index in [2.05, 4.69) is 9.97 Å². The number of benzene rings is 1. The Balaban J connectivity index is 2.24. The van der Waals surface area contributed by atoms with Crippen molar-refractivity contribution in [2.24, 2.45) is 14.1 Å². The maximum Gasteiger partial charge on any atom is 0.332 e. The number of hydrogen-bond acceptors (Lipinski definition) is 7. The Morgan fingerprint density at radius 2 is 1.82 bits per heavy atom. The summed E-state index contributed by atoms with van der Waals surface area (Å²) in [5.74, 6) is -0.719. The van der Waals surface area contributed by atoms with Crippen LogP contribution in [0, 0.1) is 5.82 Å². The lowest BCUT2D eigenvalue weighted by atomic mass is 10.2. The van der Waals surface area contributed by atoms with Crippen molar-refractivity contribution in [1.29, 1.82) is 0 Å². The third-order valence-corrected chi connectivity index (χ3v) is 4.95. The molecule has 0 radical (unpaired) electrons. The van der Waals surface area contributed by atoms with Crippen LogP contribution in [-0.2, 0) is 23.6 Å². The first kappa shape index (κ1) is 19.7. The molecule has 0 saturated heterocycles. The number of thioether (sulfide) groups is 1. The van der Waals surface area contributed by atoms with E-state index in [1.807, 2.05) is 0 Å². The zero-order chi connectivity index (χ0) is 20.4. The van der Waals surface area contributed by atoms with Gasteiger partial charge in [0.15, 0.2) is 11.5 Å². The molecule has 3 rings (SSSR count). The van der Waals surface area contributed by atoms with Gasteiger partial charge in [-0.2, -0.15) is 0 Å². The Kier molecular flexibility index (Phi) is 5.59. The van der Waals surface area contributed by atoms with Crippen LogP contribution in [0.5, 0.6) is 0 Å². The molecule has 0 N–H and O–H groups in total. The molecule has 0 fully saturated rings. The summed E-state index contributed by atoms with van der Waals surface area (Å²) in [4.78, 5) is 45.5. The third-order valence-electron chi connectivity index (χ3n) is 4.00. The number of aromatic nitrogens is 4. The van der Waals surface area contributed by atoms with Gasteiger partial charge in [-0.05, 0) is 31.2 Å².